The molecule has 6 heteroatoms. The number of thioether (sulfide) groups is 2. The number of hydrogen-bond acceptors (Lipinski definition) is 5. The van der Waals surface area contributed by atoms with E-state index in [1.165, 1.54) is 0 Å². The minimum atomic E-state index is 0.363. The fourth-order valence-electron chi connectivity index (χ4n) is 2.27. The second kappa shape index (κ2) is 5.80. The molecular weight excluding hydrogens is 300 g/mol. The van der Waals surface area contributed by atoms with Crippen molar-refractivity contribution in [1.82, 2.24) is 9.97 Å². The van der Waals surface area contributed by atoms with E-state index in [0.717, 1.165) is 35.9 Å². The van der Waals surface area contributed by atoms with Crippen molar-refractivity contribution in [2.24, 2.45) is 0 Å². The summed E-state index contributed by atoms with van der Waals surface area (Å²) in [6, 6.07) is 0. The predicted octanol–water partition coefficient (Wildman–Crippen LogP) is 3.50. The van der Waals surface area contributed by atoms with Gasteiger partial charge in [-0.3, -0.25) is 0 Å². The summed E-state index contributed by atoms with van der Waals surface area (Å²) in [5.41, 5.74) is 2.06. The summed E-state index contributed by atoms with van der Waals surface area (Å²) in [7, 11) is 0. The van der Waals surface area contributed by atoms with Gasteiger partial charge in [0.1, 0.15) is 11.0 Å². The van der Waals surface area contributed by atoms with Gasteiger partial charge in [0.05, 0.1) is 24.2 Å². The molecule has 104 valence electrons. The first-order chi connectivity index (χ1) is 9.15. The Hall–Kier alpha value is 0.0300. The van der Waals surface area contributed by atoms with Crippen LogP contribution in [0.25, 0.3) is 0 Å². The van der Waals surface area contributed by atoms with Crippen LogP contribution in [0.3, 0.4) is 0 Å². The molecule has 0 N–H and O–H groups in total. The normalized spacial score (nSPS) is 31.0. The van der Waals surface area contributed by atoms with Crippen LogP contribution in [-0.2, 0) is 17.8 Å². The van der Waals surface area contributed by atoms with Crippen molar-refractivity contribution < 1.29 is 4.74 Å². The summed E-state index contributed by atoms with van der Waals surface area (Å²) in [6.45, 7) is 5.85. The lowest BCUT2D eigenvalue weighted by atomic mass is 10.1. The molecule has 2 aliphatic heterocycles. The van der Waals surface area contributed by atoms with E-state index >= 15 is 0 Å². The van der Waals surface area contributed by atoms with E-state index in [4.69, 9.17) is 21.3 Å². The van der Waals surface area contributed by atoms with Crippen LogP contribution in [0, 0.1) is 0 Å². The van der Waals surface area contributed by atoms with Gasteiger partial charge in [-0.15, -0.1) is 11.8 Å². The average Bonchev–Trinajstić information content (AvgIpc) is 2.42. The van der Waals surface area contributed by atoms with Crippen molar-refractivity contribution in [3.63, 3.8) is 0 Å². The Balaban J connectivity index is 1.87. The molecule has 0 spiro atoms. The lowest BCUT2D eigenvalue weighted by molar-refractivity contribution is 0.109. The van der Waals surface area contributed by atoms with E-state index in [0.29, 0.717) is 27.5 Å². The molecule has 0 radical (unpaired) electrons. The van der Waals surface area contributed by atoms with Gasteiger partial charge in [-0.1, -0.05) is 25.4 Å². The Morgan fingerprint density at radius 1 is 1.26 bits per heavy atom. The van der Waals surface area contributed by atoms with Gasteiger partial charge in [0.2, 0.25) is 0 Å². The molecule has 1 saturated heterocycles. The first-order valence-electron chi connectivity index (χ1n) is 6.55. The molecule has 19 heavy (non-hydrogen) atoms. The van der Waals surface area contributed by atoms with Crippen LogP contribution < -0.4 is 0 Å². The highest BCUT2D eigenvalue weighted by Crippen LogP contribution is 2.43. The lowest BCUT2D eigenvalue weighted by Gasteiger charge is -2.31. The van der Waals surface area contributed by atoms with Gasteiger partial charge in [-0.25, -0.2) is 9.97 Å². The zero-order valence-electron chi connectivity index (χ0n) is 11.1. The third-order valence-electron chi connectivity index (χ3n) is 3.63. The van der Waals surface area contributed by atoms with Crippen molar-refractivity contribution in [2.45, 2.75) is 42.6 Å². The van der Waals surface area contributed by atoms with Gasteiger partial charge in [0, 0.05) is 28.2 Å². The van der Waals surface area contributed by atoms with Crippen molar-refractivity contribution >= 4 is 35.1 Å². The van der Waals surface area contributed by atoms with Crippen LogP contribution in [0.4, 0.5) is 0 Å². The van der Waals surface area contributed by atoms with Crippen molar-refractivity contribution in [2.75, 3.05) is 12.4 Å². The SMILES string of the molecule is CC1SCC(c2nc(Cl)c3c(n2)CCOC3)SC1C. The Labute approximate surface area is 127 Å². The van der Waals surface area contributed by atoms with Crippen LogP contribution in [0.2, 0.25) is 5.15 Å². The van der Waals surface area contributed by atoms with E-state index in [2.05, 4.69) is 18.8 Å². The third kappa shape index (κ3) is 2.89. The van der Waals surface area contributed by atoms with E-state index in [1.807, 2.05) is 23.5 Å². The molecule has 3 rings (SSSR count). The number of ether oxygens (including phenoxy) is 1. The van der Waals surface area contributed by atoms with Crippen molar-refractivity contribution in [3.8, 4) is 0 Å². The standard InChI is InChI=1S/C13H17ClN2OS2/c1-7-8(2)19-11(6-18-7)13-15-10-3-4-17-5-9(10)12(14)16-13/h7-8,11H,3-6H2,1-2H3. The molecular formula is C13H17ClN2OS2. The number of rotatable bonds is 1. The first-order valence-corrected chi connectivity index (χ1v) is 8.92. The van der Waals surface area contributed by atoms with Gasteiger partial charge < -0.3 is 4.74 Å². The number of aromatic nitrogens is 2. The number of hydrogen-bond donors (Lipinski definition) is 0. The molecule has 0 saturated carbocycles. The summed E-state index contributed by atoms with van der Waals surface area (Å²) in [4.78, 5) is 9.26. The van der Waals surface area contributed by atoms with Gasteiger partial charge in [-0.2, -0.15) is 11.8 Å². The molecule has 3 unspecified atom stereocenters. The van der Waals surface area contributed by atoms with Crippen molar-refractivity contribution in [1.29, 1.82) is 0 Å². The van der Waals surface area contributed by atoms with E-state index in [9.17, 15) is 0 Å². The Morgan fingerprint density at radius 3 is 2.89 bits per heavy atom. The highest BCUT2D eigenvalue weighted by molar-refractivity contribution is 8.07. The highest BCUT2D eigenvalue weighted by atomic mass is 35.5. The topological polar surface area (TPSA) is 35.0 Å². The maximum absolute atomic E-state index is 6.28. The quantitative estimate of drug-likeness (QED) is 0.741. The molecule has 1 aromatic heterocycles. The Kier molecular flexibility index (Phi) is 4.27. The molecule has 3 nitrogen and oxygen atoms in total. The third-order valence-corrected chi connectivity index (χ3v) is 7.33. The summed E-state index contributed by atoms with van der Waals surface area (Å²) in [5.74, 6) is 1.98. The summed E-state index contributed by atoms with van der Waals surface area (Å²) >= 11 is 10.3. The summed E-state index contributed by atoms with van der Waals surface area (Å²) < 4.78 is 5.42. The molecule has 3 atom stereocenters. The van der Waals surface area contributed by atoms with Crippen molar-refractivity contribution in [3.05, 3.63) is 22.2 Å². The highest BCUT2D eigenvalue weighted by Gasteiger charge is 2.30. The Morgan fingerprint density at radius 2 is 2.11 bits per heavy atom. The largest absolute Gasteiger partial charge is 0.376 e. The monoisotopic (exact) mass is 316 g/mol. The zero-order chi connectivity index (χ0) is 13.4. The van der Waals surface area contributed by atoms with Crippen LogP contribution >= 0.6 is 35.1 Å². The molecule has 3 heterocycles. The maximum Gasteiger partial charge on any atom is 0.144 e. The van der Waals surface area contributed by atoms with Crippen LogP contribution in [0.1, 0.15) is 36.2 Å². The number of nitrogens with zero attached hydrogens (tertiary/aromatic N) is 2. The molecule has 0 aliphatic carbocycles. The predicted molar refractivity (Wildman–Crippen MR) is 82.1 cm³/mol. The molecule has 0 aromatic carbocycles. The first kappa shape index (κ1) is 14.0. The molecule has 1 fully saturated rings. The number of halogens is 1. The van der Waals surface area contributed by atoms with E-state index in [-0.39, 0.29) is 0 Å². The second-order valence-corrected chi connectivity index (χ2v) is 8.32. The Bertz CT molecular complexity index is 486. The molecule has 2 aliphatic rings. The fraction of sp³-hybridized carbons (Fsp3) is 0.692. The number of fused-ring (bicyclic) bond motifs is 1. The maximum atomic E-state index is 6.28. The molecule has 0 bridgehead atoms. The van der Waals surface area contributed by atoms with Gasteiger partial charge in [0.15, 0.2) is 0 Å². The van der Waals surface area contributed by atoms with E-state index in [1.54, 1.807) is 0 Å². The van der Waals surface area contributed by atoms with Gasteiger partial charge >= 0.3 is 0 Å². The minimum absolute atomic E-state index is 0.363. The smallest absolute Gasteiger partial charge is 0.144 e. The minimum Gasteiger partial charge on any atom is -0.376 e. The lowest BCUT2D eigenvalue weighted by Crippen LogP contribution is -2.24. The van der Waals surface area contributed by atoms with Gasteiger partial charge in [0.25, 0.3) is 0 Å². The summed E-state index contributed by atoms with van der Waals surface area (Å²) in [5, 5.41) is 2.27. The van der Waals surface area contributed by atoms with Crippen LogP contribution in [0.15, 0.2) is 0 Å². The van der Waals surface area contributed by atoms with Crippen LogP contribution in [-0.4, -0.2) is 32.8 Å². The zero-order valence-corrected chi connectivity index (χ0v) is 13.4. The van der Waals surface area contributed by atoms with Crippen LogP contribution in [0.5, 0.6) is 0 Å². The average molecular weight is 317 g/mol. The van der Waals surface area contributed by atoms with Gasteiger partial charge in [-0.05, 0) is 0 Å². The molecule has 1 aromatic rings. The summed E-state index contributed by atoms with van der Waals surface area (Å²) in [6.07, 6.45) is 0.848. The molecule has 0 amide bonds. The second-order valence-electron chi connectivity index (χ2n) is 4.97. The van der Waals surface area contributed by atoms with E-state index < -0.39 is 0 Å². The fourth-order valence-corrected chi connectivity index (χ4v) is 5.37.